The third kappa shape index (κ3) is 4.76. The van der Waals surface area contributed by atoms with E-state index >= 15 is 0 Å². The van der Waals surface area contributed by atoms with Crippen LogP contribution < -0.4 is 4.90 Å². The second kappa shape index (κ2) is 10.4. The molecule has 1 aliphatic rings. The Kier molecular flexibility index (Phi) is 6.55. The van der Waals surface area contributed by atoms with Crippen LogP contribution in [0.25, 0.3) is 34.1 Å². The minimum Gasteiger partial charge on any atom is -0.311 e. The lowest BCUT2D eigenvalue weighted by Crippen LogP contribution is -2.23. The van der Waals surface area contributed by atoms with Crippen LogP contribution in [0.3, 0.4) is 0 Å². The Hall–Kier alpha value is -4.88. The molecule has 0 atom stereocenters. The van der Waals surface area contributed by atoms with Gasteiger partial charge in [0, 0.05) is 22.5 Å². The Balaban J connectivity index is 1.21. The Morgan fingerprint density at radius 3 is 1.67 bits per heavy atom. The van der Waals surface area contributed by atoms with Crippen molar-refractivity contribution < 1.29 is 0 Å². The monoisotopic (exact) mass is 555 g/mol. The van der Waals surface area contributed by atoms with Crippen LogP contribution in [0.5, 0.6) is 0 Å². The van der Waals surface area contributed by atoms with Gasteiger partial charge in [0.2, 0.25) is 0 Å². The van der Waals surface area contributed by atoms with Crippen LogP contribution in [0, 0.1) is 20.8 Å². The maximum Gasteiger partial charge on any atom is 0.0462 e. The first-order valence-electron chi connectivity index (χ1n) is 15.2. The number of aryl methyl sites for hydroxylation is 3. The molecule has 1 nitrogen and oxygen atoms in total. The first kappa shape index (κ1) is 27.0. The van der Waals surface area contributed by atoms with Crippen molar-refractivity contribution >= 4 is 40.0 Å². The van der Waals surface area contributed by atoms with Gasteiger partial charge < -0.3 is 4.90 Å². The second-order valence-corrected chi connectivity index (χ2v) is 12.5. The van der Waals surface area contributed by atoms with Gasteiger partial charge in [0.1, 0.15) is 0 Å². The van der Waals surface area contributed by atoms with Gasteiger partial charge in [-0.25, -0.2) is 0 Å². The van der Waals surface area contributed by atoms with Crippen LogP contribution in [0.2, 0.25) is 0 Å². The van der Waals surface area contributed by atoms with Crippen LogP contribution in [0.15, 0.2) is 121 Å². The van der Waals surface area contributed by atoms with Crippen LogP contribution in [0.1, 0.15) is 52.8 Å². The Morgan fingerprint density at radius 2 is 1.05 bits per heavy atom. The molecule has 0 saturated carbocycles. The topological polar surface area (TPSA) is 3.24 Å². The molecule has 6 aromatic carbocycles. The maximum atomic E-state index is 2.39. The van der Waals surface area contributed by atoms with Gasteiger partial charge in [-0.05, 0) is 107 Å². The fourth-order valence-corrected chi connectivity index (χ4v) is 6.62. The minimum atomic E-state index is -0.0729. The minimum absolute atomic E-state index is 0.0729. The van der Waals surface area contributed by atoms with Gasteiger partial charge in [-0.1, -0.05) is 122 Å². The molecule has 0 unspecified atom stereocenters. The van der Waals surface area contributed by atoms with E-state index in [9.17, 15) is 0 Å². The molecule has 7 rings (SSSR count). The number of rotatable bonds is 5. The van der Waals surface area contributed by atoms with Gasteiger partial charge in [-0.2, -0.15) is 0 Å². The summed E-state index contributed by atoms with van der Waals surface area (Å²) in [5, 5.41) is 2.78. The van der Waals surface area contributed by atoms with Crippen molar-refractivity contribution in [3.8, 4) is 11.1 Å². The molecule has 0 spiro atoms. The van der Waals surface area contributed by atoms with Crippen molar-refractivity contribution in [3.05, 3.63) is 160 Å². The molecular formula is C42H37N. The molecule has 0 aliphatic heterocycles. The summed E-state index contributed by atoms with van der Waals surface area (Å²) in [6.07, 6.45) is 4.47. The first-order valence-corrected chi connectivity index (χ1v) is 15.2. The molecular weight excluding hydrogens is 518 g/mol. The molecule has 1 heteroatoms. The van der Waals surface area contributed by atoms with E-state index in [4.69, 9.17) is 0 Å². The highest BCUT2D eigenvalue weighted by Gasteiger charge is 2.33. The number of anilines is 3. The molecule has 0 saturated heterocycles. The smallest absolute Gasteiger partial charge is 0.0462 e. The van der Waals surface area contributed by atoms with E-state index in [2.05, 4.69) is 173 Å². The Morgan fingerprint density at radius 1 is 0.512 bits per heavy atom. The standard InChI is InChI=1S/C42H37N/c1-28-9-19-33(20-10-28)43(34-21-11-29(2)12-22-34)35-23-16-31(17-24-35)14-15-32-18-26-37-38-25-13-30(3)36-7-6-8-39(41(36)38)42(4,5)40(37)27-32/h6-27H,1-5H3. The lowest BCUT2D eigenvalue weighted by atomic mass is 9.68. The highest BCUT2D eigenvalue weighted by atomic mass is 15.1. The van der Waals surface area contributed by atoms with Crippen molar-refractivity contribution in [2.75, 3.05) is 4.90 Å². The summed E-state index contributed by atoms with van der Waals surface area (Å²) >= 11 is 0. The van der Waals surface area contributed by atoms with Gasteiger partial charge in [0.15, 0.2) is 0 Å². The summed E-state index contributed by atoms with van der Waals surface area (Å²) in [5.41, 5.74) is 15.1. The van der Waals surface area contributed by atoms with E-state index in [0.717, 1.165) is 17.1 Å². The predicted molar refractivity (Wildman–Crippen MR) is 186 cm³/mol. The first-order chi connectivity index (χ1) is 20.8. The molecule has 0 N–H and O–H groups in total. The van der Waals surface area contributed by atoms with Crippen LogP contribution >= 0.6 is 0 Å². The van der Waals surface area contributed by atoms with E-state index in [1.165, 1.54) is 60.8 Å². The summed E-state index contributed by atoms with van der Waals surface area (Å²) in [4.78, 5) is 2.32. The van der Waals surface area contributed by atoms with E-state index in [0.29, 0.717) is 0 Å². The Labute approximate surface area is 255 Å². The SMILES string of the molecule is Cc1ccc(N(c2ccc(C)cc2)c2ccc(C=Cc3ccc4c(c3)C(C)(C)c3cccc5c(C)ccc-4c35)cc2)cc1. The highest BCUT2D eigenvalue weighted by Crippen LogP contribution is 2.49. The zero-order valence-electron chi connectivity index (χ0n) is 25.6. The maximum absolute atomic E-state index is 2.39. The average Bonchev–Trinajstić information content (AvgIpc) is 3.02. The Bertz CT molecular complexity index is 1940. The largest absolute Gasteiger partial charge is 0.311 e. The fraction of sp³-hybridized carbons (Fsp3) is 0.143. The number of hydrogen-bond acceptors (Lipinski definition) is 1. The van der Waals surface area contributed by atoms with Gasteiger partial charge in [-0.3, -0.25) is 0 Å². The third-order valence-corrected chi connectivity index (χ3v) is 9.14. The molecule has 0 amide bonds. The van der Waals surface area contributed by atoms with Crippen molar-refractivity contribution in [2.45, 2.75) is 40.0 Å². The molecule has 0 fully saturated rings. The van der Waals surface area contributed by atoms with Crippen molar-refractivity contribution in [2.24, 2.45) is 0 Å². The number of nitrogens with zero attached hydrogens (tertiary/aromatic N) is 1. The third-order valence-electron chi connectivity index (χ3n) is 9.14. The molecule has 43 heavy (non-hydrogen) atoms. The summed E-state index contributed by atoms with van der Waals surface area (Å²) < 4.78 is 0. The van der Waals surface area contributed by atoms with E-state index < -0.39 is 0 Å². The normalized spacial score (nSPS) is 13.3. The summed E-state index contributed by atoms with van der Waals surface area (Å²) in [5.74, 6) is 0. The molecule has 0 radical (unpaired) electrons. The van der Waals surface area contributed by atoms with Gasteiger partial charge in [0.25, 0.3) is 0 Å². The molecule has 0 aromatic heterocycles. The van der Waals surface area contributed by atoms with Crippen molar-refractivity contribution in [1.29, 1.82) is 0 Å². The van der Waals surface area contributed by atoms with Crippen molar-refractivity contribution in [3.63, 3.8) is 0 Å². The van der Waals surface area contributed by atoms with E-state index in [1.807, 2.05) is 0 Å². The van der Waals surface area contributed by atoms with Gasteiger partial charge in [0.05, 0.1) is 0 Å². The van der Waals surface area contributed by atoms with Gasteiger partial charge >= 0.3 is 0 Å². The average molecular weight is 556 g/mol. The van der Waals surface area contributed by atoms with Crippen LogP contribution in [0.4, 0.5) is 17.1 Å². The van der Waals surface area contributed by atoms with Gasteiger partial charge in [-0.15, -0.1) is 0 Å². The molecule has 0 heterocycles. The number of fused-ring (bicyclic) bond motifs is 2. The summed E-state index contributed by atoms with van der Waals surface area (Å²) in [6.45, 7) is 11.2. The quantitative estimate of drug-likeness (QED) is 0.191. The summed E-state index contributed by atoms with van der Waals surface area (Å²) in [7, 11) is 0. The molecule has 1 aliphatic carbocycles. The lowest BCUT2D eigenvalue weighted by Gasteiger charge is -2.35. The van der Waals surface area contributed by atoms with E-state index in [-0.39, 0.29) is 5.41 Å². The number of hydrogen-bond donors (Lipinski definition) is 0. The number of benzene rings is 6. The molecule has 210 valence electrons. The zero-order chi connectivity index (χ0) is 29.7. The lowest BCUT2D eigenvalue weighted by molar-refractivity contribution is 0.645. The van der Waals surface area contributed by atoms with E-state index in [1.54, 1.807) is 0 Å². The van der Waals surface area contributed by atoms with Crippen LogP contribution in [-0.2, 0) is 5.41 Å². The zero-order valence-corrected chi connectivity index (χ0v) is 25.6. The summed E-state index contributed by atoms with van der Waals surface area (Å²) in [6, 6.07) is 44.7. The predicted octanol–water partition coefficient (Wildman–Crippen LogP) is 11.7. The second-order valence-electron chi connectivity index (χ2n) is 12.5. The van der Waals surface area contributed by atoms with Crippen LogP contribution in [-0.4, -0.2) is 0 Å². The van der Waals surface area contributed by atoms with Crippen molar-refractivity contribution in [1.82, 2.24) is 0 Å². The fourth-order valence-electron chi connectivity index (χ4n) is 6.62. The molecule has 0 bridgehead atoms. The highest BCUT2D eigenvalue weighted by molar-refractivity contribution is 6.04. The molecule has 6 aromatic rings.